The molecule has 0 fully saturated rings. The van der Waals surface area contributed by atoms with E-state index < -0.39 is 23.4 Å². The van der Waals surface area contributed by atoms with Gasteiger partial charge in [0.1, 0.15) is 19.3 Å². The molecule has 12 nitrogen and oxygen atoms in total. The Morgan fingerprint density at radius 3 is 1.32 bits per heavy atom. The number of carbonyl (C=O) groups excluding carboxylic acids is 2. The zero-order chi connectivity index (χ0) is 44.3. The molecule has 0 bridgehead atoms. The SMILES string of the molecule is CCCCCCCCCCCCCCOCC(COC(=O)NCCOCCOCCNC(=O)OCC(C)(C)OCC(C)(C)OC)OCCCCCCCCCCCCCC. The zero-order valence-electron chi connectivity index (χ0n) is 40.1. The molecule has 0 aliphatic carbocycles. The van der Waals surface area contributed by atoms with E-state index >= 15 is 0 Å². The predicted molar refractivity (Wildman–Crippen MR) is 244 cm³/mol. The third kappa shape index (κ3) is 43.0. The summed E-state index contributed by atoms with van der Waals surface area (Å²) < 4.78 is 45.2. The fraction of sp³-hybridized carbons (Fsp3) is 0.958. The van der Waals surface area contributed by atoms with Crippen LogP contribution in [0.5, 0.6) is 0 Å². The molecule has 12 heteroatoms. The smallest absolute Gasteiger partial charge is 0.407 e. The number of amides is 2. The topological polar surface area (TPSA) is 132 Å². The minimum Gasteiger partial charge on any atom is -0.447 e. The van der Waals surface area contributed by atoms with Crippen molar-refractivity contribution in [2.75, 3.05) is 86.3 Å². The van der Waals surface area contributed by atoms with Gasteiger partial charge >= 0.3 is 12.2 Å². The van der Waals surface area contributed by atoms with Crippen molar-refractivity contribution in [3.63, 3.8) is 0 Å². The van der Waals surface area contributed by atoms with Crippen LogP contribution in [0, 0.1) is 0 Å². The van der Waals surface area contributed by atoms with Gasteiger partial charge < -0.3 is 48.5 Å². The van der Waals surface area contributed by atoms with Crippen molar-refractivity contribution in [1.29, 1.82) is 0 Å². The molecule has 0 aromatic heterocycles. The molecular formula is C48H96N2O10. The minimum atomic E-state index is -0.644. The first-order chi connectivity index (χ1) is 29.0. The predicted octanol–water partition coefficient (Wildman–Crippen LogP) is 11.5. The average molecular weight is 861 g/mol. The van der Waals surface area contributed by atoms with E-state index in [0.29, 0.717) is 65.9 Å². The molecule has 0 aliphatic rings. The molecule has 2 N–H and O–H groups in total. The highest BCUT2D eigenvalue weighted by Gasteiger charge is 2.26. The van der Waals surface area contributed by atoms with Crippen molar-refractivity contribution in [3.8, 4) is 0 Å². The Hall–Kier alpha value is -1.70. The van der Waals surface area contributed by atoms with Gasteiger partial charge in [0.25, 0.3) is 0 Å². The maximum atomic E-state index is 12.4. The largest absolute Gasteiger partial charge is 0.447 e. The van der Waals surface area contributed by atoms with Crippen molar-refractivity contribution in [3.05, 3.63) is 0 Å². The first-order valence-corrected chi connectivity index (χ1v) is 24.4. The highest BCUT2D eigenvalue weighted by Crippen LogP contribution is 2.17. The third-order valence-electron chi connectivity index (χ3n) is 10.5. The Morgan fingerprint density at radius 1 is 0.450 bits per heavy atom. The number of rotatable bonds is 46. The van der Waals surface area contributed by atoms with Gasteiger partial charge in [0.2, 0.25) is 0 Å². The van der Waals surface area contributed by atoms with Crippen molar-refractivity contribution in [2.45, 2.75) is 213 Å². The summed E-state index contributed by atoms with van der Waals surface area (Å²) in [4.78, 5) is 24.4. The van der Waals surface area contributed by atoms with Crippen LogP contribution in [0.15, 0.2) is 0 Å². The van der Waals surface area contributed by atoms with Gasteiger partial charge in [-0.05, 0) is 40.5 Å². The highest BCUT2D eigenvalue weighted by atomic mass is 16.6. The lowest BCUT2D eigenvalue weighted by molar-refractivity contribution is -0.121. The molecule has 0 spiro atoms. The Balaban J connectivity index is 4.16. The molecule has 0 saturated heterocycles. The van der Waals surface area contributed by atoms with E-state index in [1.807, 2.05) is 27.7 Å². The molecule has 0 rings (SSSR count). The van der Waals surface area contributed by atoms with Crippen LogP contribution in [0.2, 0.25) is 0 Å². The van der Waals surface area contributed by atoms with Crippen LogP contribution in [0.4, 0.5) is 9.59 Å². The fourth-order valence-corrected chi connectivity index (χ4v) is 6.35. The Morgan fingerprint density at radius 2 is 0.867 bits per heavy atom. The number of alkyl carbamates (subject to hydrolysis) is 2. The fourth-order valence-electron chi connectivity index (χ4n) is 6.35. The lowest BCUT2D eigenvalue weighted by Gasteiger charge is -2.30. The van der Waals surface area contributed by atoms with Gasteiger partial charge in [0, 0.05) is 33.4 Å². The minimum absolute atomic E-state index is 0.108. The monoisotopic (exact) mass is 861 g/mol. The molecule has 358 valence electrons. The van der Waals surface area contributed by atoms with Crippen LogP contribution in [-0.4, -0.2) is 116 Å². The average Bonchev–Trinajstić information content (AvgIpc) is 3.23. The number of methoxy groups -OCH3 is 1. The maximum absolute atomic E-state index is 12.4. The summed E-state index contributed by atoms with van der Waals surface area (Å²) in [5.74, 6) is 0. The molecule has 0 aliphatic heterocycles. The Labute approximate surface area is 368 Å². The number of ether oxygens (including phenoxy) is 8. The van der Waals surface area contributed by atoms with E-state index in [1.165, 1.54) is 135 Å². The summed E-state index contributed by atoms with van der Waals surface area (Å²) in [5, 5.41) is 5.40. The van der Waals surface area contributed by atoms with Gasteiger partial charge in [-0.25, -0.2) is 9.59 Å². The molecule has 0 saturated carbocycles. The van der Waals surface area contributed by atoms with E-state index in [9.17, 15) is 9.59 Å². The van der Waals surface area contributed by atoms with Crippen LogP contribution >= 0.6 is 0 Å². The first kappa shape index (κ1) is 58.3. The van der Waals surface area contributed by atoms with E-state index in [-0.39, 0.29) is 19.3 Å². The summed E-state index contributed by atoms with van der Waals surface area (Å²) in [6.45, 7) is 16.5. The Kier molecular flexibility index (Phi) is 41.4. The van der Waals surface area contributed by atoms with Gasteiger partial charge in [-0.15, -0.1) is 0 Å². The van der Waals surface area contributed by atoms with Gasteiger partial charge in [-0.1, -0.05) is 155 Å². The van der Waals surface area contributed by atoms with Gasteiger partial charge in [-0.2, -0.15) is 0 Å². The highest BCUT2D eigenvalue weighted by molar-refractivity contribution is 5.67. The normalized spacial score (nSPS) is 12.4. The second-order valence-electron chi connectivity index (χ2n) is 17.6. The van der Waals surface area contributed by atoms with Crippen molar-refractivity contribution >= 4 is 12.2 Å². The van der Waals surface area contributed by atoms with Crippen LogP contribution in [-0.2, 0) is 37.9 Å². The van der Waals surface area contributed by atoms with E-state index in [1.54, 1.807) is 7.11 Å². The van der Waals surface area contributed by atoms with Gasteiger partial charge in [-0.3, -0.25) is 0 Å². The first-order valence-electron chi connectivity index (χ1n) is 24.4. The molecular weight excluding hydrogens is 765 g/mol. The molecule has 0 aromatic carbocycles. The molecule has 2 amide bonds. The van der Waals surface area contributed by atoms with E-state index in [2.05, 4.69) is 24.5 Å². The summed E-state index contributed by atoms with van der Waals surface area (Å²) in [6, 6.07) is 0. The number of carbonyl (C=O) groups is 2. The Bertz CT molecular complexity index is 939. The molecule has 1 atom stereocenters. The van der Waals surface area contributed by atoms with Crippen molar-refractivity contribution in [2.24, 2.45) is 0 Å². The number of unbranched alkanes of at least 4 members (excludes halogenated alkanes) is 22. The number of hydrogen-bond acceptors (Lipinski definition) is 10. The summed E-state index contributed by atoms with van der Waals surface area (Å²) in [7, 11) is 1.63. The van der Waals surface area contributed by atoms with E-state index in [0.717, 1.165) is 19.3 Å². The summed E-state index contributed by atoms with van der Waals surface area (Å²) >= 11 is 0. The van der Waals surface area contributed by atoms with Gasteiger partial charge in [0.15, 0.2) is 0 Å². The lowest BCUT2D eigenvalue weighted by atomic mass is 10.1. The van der Waals surface area contributed by atoms with E-state index in [4.69, 9.17) is 37.9 Å². The quantitative estimate of drug-likeness (QED) is 0.0570. The van der Waals surface area contributed by atoms with Crippen LogP contribution in [0.25, 0.3) is 0 Å². The standard InChI is InChI=1S/C48H96N2O10/c1-8-10-12-14-16-18-20-22-24-26-28-30-34-56-40-44(57-35-31-29-27-25-23-21-19-17-15-13-11-9-2)41-58-45(51)49-32-36-54-38-39-55-37-33-50-46(52)59-42-48(5,6)60-43-47(3,4)53-7/h44H,8-43H2,1-7H3,(H,49,51)(H,50,52). The molecule has 0 aromatic rings. The molecule has 0 heterocycles. The van der Waals surface area contributed by atoms with Crippen molar-refractivity contribution < 1.29 is 47.5 Å². The summed E-state index contributed by atoms with van der Waals surface area (Å²) in [5.41, 5.74) is -1.07. The van der Waals surface area contributed by atoms with Crippen LogP contribution in [0.1, 0.15) is 196 Å². The second kappa shape index (κ2) is 42.6. The molecule has 60 heavy (non-hydrogen) atoms. The maximum Gasteiger partial charge on any atom is 0.407 e. The number of nitrogens with one attached hydrogen (secondary N) is 2. The number of hydrogen-bond donors (Lipinski definition) is 2. The summed E-state index contributed by atoms with van der Waals surface area (Å²) in [6.07, 6.45) is 30.0. The van der Waals surface area contributed by atoms with Crippen molar-refractivity contribution in [1.82, 2.24) is 10.6 Å². The third-order valence-corrected chi connectivity index (χ3v) is 10.5. The van der Waals surface area contributed by atoms with Gasteiger partial charge in [0.05, 0.1) is 50.8 Å². The molecule has 0 radical (unpaired) electrons. The lowest BCUT2D eigenvalue weighted by Crippen LogP contribution is -2.40. The zero-order valence-corrected chi connectivity index (χ0v) is 40.1. The van der Waals surface area contributed by atoms with Crippen LogP contribution < -0.4 is 10.6 Å². The second-order valence-corrected chi connectivity index (χ2v) is 17.6. The molecule has 1 unspecified atom stereocenters. The van der Waals surface area contributed by atoms with Crippen LogP contribution in [0.3, 0.4) is 0 Å².